The molecule has 2 aromatic rings. The number of hydrogen-bond acceptors (Lipinski definition) is 6. The number of carbonyl (C=O) groups is 1. The van der Waals surface area contributed by atoms with Gasteiger partial charge in [0.05, 0.1) is 28.2 Å². The third kappa shape index (κ3) is 4.83. The lowest BCUT2D eigenvalue weighted by Gasteiger charge is -2.12. The van der Waals surface area contributed by atoms with Crippen LogP contribution in [0.25, 0.3) is 5.69 Å². The normalized spacial score (nSPS) is 10.8. The Balaban J connectivity index is 2.35. The van der Waals surface area contributed by atoms with Crippen LogP contribution in [0.3, 0.4) is 0 Å². The van der Waals surface area contributed by atoms with Crippen molar-refractivity contribution < 1.29 is 19.2 Å². The van der Waals surface area contributed by atoms with Crippen molar-refractivity contribution >= 4 is 52.2 Å². The minimum atomic E-state index is -0.692. The lowest BCUT2D eigenvalue weighted by atomic mass is 10.3. The number of nitrogens with zero attached hydrogens (tertiary/aromatic N) is 3. The van der Waals surface area contributed by atoms with Crippen LogP contribution in [0.2, 0.25) is 15.1 Å². The van der Waals surface area contributed by atoms with Crippen molar-refractivity contribution in [2.24, 2.45) is 0 Å². The van der Waals surface area contributed by atoms with Crippen LogP contribution in [0.5, 0.6) is 0 Å². The monoisotopic (exact) mass is 422 g/mol. The fraction of sp³-hybridized carbons (Fsp3) is 0.286. The van der Waals surface area contributed by atoms with Crippen molar-refractivity contribution in [1.82, 2.24) is 9.78 Å². The molecule has 1 aromatic heterocycles. The van der Waals surface area contributed by atoms with Crippen molar-refractivity contribution in [2.75, 3.05) is 32.2 Å². The lowest BCUT2D eigenvalue weighted by molar-refractivity contribution is -0.384. The van der Waals surface area contributed by atoms with E-state index in [-0.39, 0.29) is 39.8 Å². The average Bonchev–Trinajstić information content (AvgIpc) is 2.94. The molecule has 0 atom stereocenters. The molecule has 140 valence electrons. The number of benzene rings is 1. The Morgan fingerprint density at radius 2 is 1.96 bits per heavy atom. The van der Waals surface area contributed by atoms with Gasteiger partial charge in [-0.1, -0.05) is 34.8 Å². The first kappa shape index (κ1) is 20.4. The fourth-order valence-corrected chi connectivity index (χ4v) is 2.95. The average molecular weight is 424 g/mol. The Morgan fingerprint density at radius 3 is 2.54 bits per heavy atom. The number of hydrogen-bond donors (Lipinski definition) is 1. The summed E-state index contributed by atoms with van der Waals surface area (Å²) in [6, 6.07) is 2.80. The molecule has 0 saturated heterocycles. The molecule has 2 rings (SSSR count). The number of halogens is 3. The highest BCUT2D eigenvalue weighted by atomic mass is 35.5. The van der Waals surface area contributed by atoms with Gasteiger partial charge >= 0.3 is 5.69 Å². The number of carbonyl (C=O) groups excluding carboxylic acids is 1. The van der Waals surface area contributed by atoms with E-state index in [2.05, 4.69) is 10.4 Å². The van der Waals surface area contributed by atoms with E-state index in [4.69, 9.17) is 44.3 Å². The van der Waals surface area contributed by atoms with Gasteiger partial charge in [-0.2, -0.15) is 5.10 Å². The Morgan fingerprint density at radius 1 is 1.31 bits per heavy atom. The molecule has 1 amide bonds. The fourth-order valence-electron chi connectivity index (χ4n) is 1.97. The van der Waals surface area contributed by atoms with Gasteiger partial charge in [-0.15, -0.1) is 0 Å². The molecule has 0 unspecified atom stereocenters. The SMILES string of the molecule is COCCOCC(=O)Nc1c([N+](=O)[O-])cnn1-c1c(Cl)cc(Cl)cc1Cl. The summed E-state index contributed by atoms with van der Waals surface area (Å²) >= 11 is 18.1. The van der Waals surface area contributed by atoms with E-state index in [0.29, 0.717) is 6.61 Å². The van der Waals surface area contributed by atoms with Gasteiger partial charge in [-0.3, -0.25) is 14.9 Å². The van der Waals surface area contributed by atoms with Gasteiger partial charge in [-0.25, -0.2) is 4.68 Å². The summed E-state index contributed by atoms with van der Waals surface area (Å²) in [6.45, 7) is 0.176. The van der Waals surface area contributed by atoms with Crippen LogP contribution in [-0.2, 0) is 14.3 Å². The molecule has 1 N–H and O–H groups in total. The third-order valence-corrected chi connectivity index (χ3v) is 3.86. The molecular weight excluding hydrogens is 411 g/mol. The van der Waals surface area contributed by atoms with Crippen LogP contribution in [0.4, 0.5) is 11.5 Å². The molecule has 0 radical (unpaired) electrons. The van der Waals surface area contributed by atoms with Crippen LogP contribution < -0.4 is 5.32 Å². The highest BCUT2D eigenvalue weighted by Gasteiger charge is 2.26. The van der Waals surface area contributed by atoms with Gasteiger partial charge < -0.3 is 14.8 Å². The van der Waals surface area contributed by atoms with Crippen LogP contribution in [0, 0.1) is 10.1 Å². The molecule has 0 spiro atoms. The maximum atomic E-state index is 12.0. The minimum absolute atomic E-state index is 0.104. The van der Waals surface area contributed by atoms with E-state index in [1.807, 2.05) is 0 Å². The molecule has 0 aliphatic rings. The molecule has 0 fully saturated rings. The minimum Gasteiger partial charge on any atom is -0.382 e. The van der Waals surface area contributed by atoms with Gasteiger partial charge in [0.25, 0.3) is 5.91 Å². The van der Waals surface area contributed by atoms with Crippen molar-refractivity contribution in [3.63, 3.8) is 0 Å². The summed E-state index contributed by atoms with van der Waals surface area (Å²) in [7, 11) is 1.49. The van der Waals surface area contributed by atoms with Crippen molar-refractivity contribution in [3.8, 4) is 5.69 Å². The number of nitrogens with one attached hydrogen (secondary N) is 1. The molecule has 0 aliphatic carbocycles. The number of amides is 1. The summed E-state index contributed by atoms with van der Waals surface area (Å²) < 4.78 is 10.9. The molecule has 1 aromatic carbocycles. The van der Waals surface area contributed by atoms with Gasteiger partial charge in [0, 0.05) is 12.1 Å². The number of nitro groups is 1. The Hall–Kier alpha value is -1.91. The summed E-state index contributed by atoms with van der Waals surface area (Å²) in [5.41, 5.74) is -0.293. The van der Waals surface area contributed by atoms with Crippen molar-refractivity contribution in [3.05, 3.63) is 43.5 Å². The molecular formula is C14H13Cl3N4O5. The Labute approximate surface area is 162 Å². The second kappa shape index (κ2) is 9.15. The van der Waals surface area contributed by atoms with Crippen molar-refractivity contribution in [1.29, 1.82) is 0 Å². The topological polar surface area (TPSA) is 109 Å². The molecule has 0 aliphatic heterocycles. The Bertz CT molecular complexity index is 804. The number of anilines is 1. The van der Waals surface area contributed by atoms with Gasteiger partial charge in [0.1, 0.15) is 18.5 Å². The zero-order chi connectivity index (χ0) is 19.3. The number of rotatable bonds is 8. The molecule has 9 nitrogen and oxygen atoms in total. The van der Waals surface area contributed by atoms with Crippen molar-refractivity contribution in [2.45, 2.75) is 0 Å². The van der Waals surface area contributed by atoms with Gasteiger partial charge in [-0.05, 0) is 12.1 Å². The standard InChI is InChI=1S/C14H13Cl3N4O5/c1-25-2-3-26-7-12(22)19-14-11(21(23)24)6-18-20(14)13-9(16)4-8(15)5-10(13)17/h4-6H,2-3,7H2,1H3,(H,19,22). The van der Waals surface area contributed by atoms with Gasteiger partial charge in [0.2, 0.25) is 5.82 Å². The molecule has 12 heteroatoms. The summed E-state index contributed by atoms with van der Waals surface area (Å²) in [5, 5.41) is 18.0. The van der Waals surface area contributed by atoms with E-state index in [0.717, 1.165) is 10.9 Å². The number of methoxy groups -OCH3 is 1. The van der Waals surface area contributed by atoms with E-state index in [1.54, 1.807) is 0 Å². The largest absolute Gasteiger partial charge is 0.382 e. The molecule has 1 heterocycles. The van der Waals surface area contributed by atoms with E-state index in [1.165, 1.54) is 19.2 Å². The highest BCUT2D eigenvalue weighted by Crippen LogP contribution is 2.36. The van der Waals surface area contributed by atoms with Crippen LogP contribution in [0.15, 0.2) is 18.3 Å². The zero-order valence-corrected chi connectivity index (χ0v) is 15.6. The smallest absolute Gasteiger partial charge is 0.331 e. The van der Waals surface area contributed by atoms with Crippen LogP contribution in [0.1, 0.15) is 0 Å². The van der Waals surface area contributed by atoms with Crippen LogP contribution in [-0.4, -0.2) is 47.5 Å². The van der Waals surface area contributed by atoms with Gasteiger partial charge in [0.15, 0.2) is 0 Å². The highest BCUT2D eigenvalue weighted by molar-refractivity contribution is 6.40. The van der Waals surface area contributed by atoms with Crippen LogP contribution >= 0.6 is 34.8 Å². The second-order valence-electron chi connectivity index (χ2n) is 4.86. The quantitative estimate of drug-likeness (QED) is 0.396. The van der Waals surface area contributed by atoms with E-state index >= 15 is 0 Å². The predicted molar refractivity (Wildman–Crippen MR) is 96.6 cm³/mol. The van der Waals surface area contributed by atoms with E-state index < -0.39 is 16.5 Å². The zero-order valence-electron chi connectivity index (χ0n) is 13.4. The number of aromatic nitrogens is 2. The predicted octanol–water partition coefficient (Wildman–Crippen LogP) is 3.34. The van der Waals surface area contributed by atoms with E-state index in [9.17, 15) is 14.9 Å². The first-order valence-electron chi connectivity index (χ1n) is 7.09. The lowest BCUT2D eigenvalue weighted by Crippen LogP contribution is -2.22. The maximum Gasteiger partial charge on any atom is 0.331 e. The first-order chi connectivity index (χ1) is 12.3. The second-order valence-corrected chi connectivity index (χ2v) is 6.11. The third-order valence-electron chi connectivity index (χ3n) is 3.06. The maximum absolute atomic E-state index is 12.0. The summed E-state index contributed by atoms with van der Waals surface area (Å²) in [6.07, 6.45) is 0.975. The molecule has 0 bridgehead atoms. The summed E-state index contributed by atoms with van der Waals surface area (Å²) in [4.78, 5) is 22.6. The number of ether oxygens (including phenoxy) is 2. The molecule has 0 saturated carbocycles. The molecule has 26 heavy (non-hydrogen) atoms. The first-order valence-corrected chi connectivity index (χ1v) is 8.22. The summed E-state index contributed by atoms with van der Waals surface area (Å²) in [5.74, 6) is -0.825. The Kier molecular flexibility index (Phi) is 7.18.